The van der Waals surface area contributed by atoms with E-state index in [0.717, 1.165) is 4.47 Å². The fraction of sp³-hybridized carbons (Fsp3) is 1.00. The van der Waals surface area contributed by atoms with Crippen molar-refractivity contribution in [2.24, 2.45) is 0 Å². The van der Waals surface area contributed by atoms with Gasteiger partial charge in [-0.3, -0.25) is 4.84 Å². The summed E-state index contributed by atoms with van der Waals surface area (Å²) in [6, 6.07) is 0. The highest BCUT2D eigenvalue weighted by molar-refractivity contribution is 7.88. The predicted molar refractivity (Wildman–Crippen MR) is 42.7 cm³/mol. The summed E-state index contributed by atoms with van der Waals surface area (Å²) in [4.78, 5) is 4.78. The minimum atomic E-state index is -3.29. The van der Waals surface area contributed by atoms with Crippen LogP contribution in [0, 0.1) is 0 Å². The van der Waals surface area contributed by atoms with Crippen LogP contribution in [0.1, 0.15) is 13.3 Å². The highest BCUT2D eigenvalue weighted by atomic mass is 32.2. The molecule has 0 aliphatic carbocycles. The molecule has 0 spiro atoms. The van der Waals surface area contributed by atoms with Crippen LogP contribution in [0.4, 0.5) is 0 Å². The van der Waals surface area contributed by atoms with E-state index in [1.54, 1.807) is 6.92 Å². The maximum absolute atomic E-state index is 11.3. The van der Waals surface area contributed by atoms with Crippen LogP contribution >= 0.6 is 0 Å². The smallest absolute Gasteiger partial charge is 0.236 e. The Morgan fingerprint density at radius 2 is 2.33 bits per heavy atom. The molecule has 0 aromatic carbocycles. The molecule has 1 N–H and O–H groups in total. The summed E-state index contributed by atoms with van der Waals surface area (Å²) in [6.45, 7) is 1.91. The minimum absolute atomic E-state index is 0.0579. The molecule has 1 rings (SSSR count). The molecule has 12 heavy (non-hydrogen) atoms. The first-order valence-corrected chi connectivity index (χ1v) is 5.48. The van der Waals surface area contributed by atoms with E-state index >= 15 is 0 Å². The number of hydroxylamine groups is 1. The molecule has 1 fully saturated rings. The van der Waals surface area contributed by atoms with E-state index in [2.05, 4.69) is 0 Å². The summed E-state index contributed by atoms with van der Waals surface area (Å²) >= 11 is 0. The zero-order valence-electron chi connectivity index (χ0n) is 6.93. The van der Waals surface area contributed by atoms with Crippen LogP contribution < -0.4 is 0 Å². The van der Waals surface area contributed by atoms with Crippen molar-refractivity contribution >= 4 is 10.0 Å². The van der Waals surface area contributed by atoms with Crippen molar-refractivity contribution in [2.45, 2.75) is 19.4 Å². The third kappa shape index (κ3) is 2.16. The number of aliphatic hydroxyl groups is 1. The van der Waals surface area contributed by atoms with Gasteiger partial charge in [0.05, 0.1) is 25.0 Å². The van der Waals surface area contributed by atoms with E-state index in [9.17, 15) is 8.42 Å². The molecule has 0 saturated carbocycles. The van der Waals surface area contributed by atoms with Crippen LogP contribution in [0.2, 0.25) is 0 Å². The van der Waals surface area contributed by atoms with Gasteiger partial charge in [-0.25, -0.2) is 8.42 Å². The van der Waals surface area contributed by atoms with Crippen LogP contribution in [0.3, 0.4) is 0 Å². The number of aliphatic hydroxyl groups excluding tert-OH is 1. The van der Waals surface area contributed by atoms with Gasteiger partial charge in [-0.05, 0) is 6.42 Å². The number of β-amino-alcohol motifs (C(OH)–C–C–N with tert-alkyl or cyclic N) is 1. The third-order valence-electron chi connectivity index (χ3n) is 1.54. The molecule has 1 aliphatic heterocycles. The molecule has 1 atom stereocenters. The number of hydrogen-bond acceptors (Lipinski definition) is 4. The standard InChI is InChI=1S/C6H13NO4S/c1-2-3-12(9,10)7-4-6(8)5-11-7/h6,8H,2-5H2,1H3/t6-/m0/s1. The molecule has 1 saturated heterocycles. The summed E-state index contributed by atoms with van der Waals surface area (Å²) < 4.78 is 23.4. The normalized spacial score (nSPS) is 26.3. The molecular formula is C6H13NO4S. The SMILES string of the molecule is CCCS(=O)(=O)N1C[C@H](O)CO1. The molecule has 0 aromatic heterocycles. The molecule has 0 radical (unpaired) electrons. The van der Waals surface area contributed by atoms with Crippen molar-refractivity contribution in [1.29, 1.82) is 0 Å². The second-order valence-electron chi connectivity index (χ2n) is 2.75. The number of hydrogen-bond donors (Lipinski definition) is 1. The first-order chi connectivity index (χ1) is 5.56. The lowest BCUT2D eigenvalue weighted by Crippen LogP contribution is -2.30. The van der Waals surface area contributed by atoms with Crippen molar-refractivity contribution < 1.29 is 18.4 Å². The van der Waals surface area contributed by atoms with Crippen LogP contribution in [0.5, 0.6) is 0 Å². The first kappa shape index (κ1) is 9.91. The lowest BCUT2D eigenvalue weighted by atomic mass is 10.4. The first-order valence-electron chi connectivity index (χ1n) is 3.87. The third-order valence-corrected chi connectivity index (χ3v) is 3.34. The number of sulfonamides is 1. The summed E-state index contributed by atoms with van der Waals surface area (Å²) in [5.74, 6) is 0.0692. The summed E-state index contributed by atoms with van der Waals surface area (Å²) in [7, 11) is -3.29. The highest BCUT2D eigenvalue weighted by Gasteiger charge is 2.30. The van der Waals surface area contributed by atoms with Gasteiger partial charge >= 0.3 is 0 Å². The van der Waals surface area contributed by atoms with E-state index < -0.39 is 16.1 Å². The lowest BCUT2D eigenvalue weighted by Gasteiger charge is -2.12. The van der Waals surface area contributed by atoms with E-state index in [1.165, 1.54) is 0 Å². The Balaban J connectivity index is 2.58. The van der Waals surface area contributed by atoms with E-state index in [-0.39, 0.29) is 18.9 Å². The van der Waals surface area contributed by atoms with Gasteiger partial charge in [-0.15, -0.1) is 0 Å². The van der Waals surface area contributed by atoms with Gasteiger partial charge < -0.3 is 5.11 Å². The lowest BCUT2D eigenvalue weighted by molar-refractivity contribution is -0.0316. The topological polar surface area (TPSA) is 66.8 Å². The molecule has 0 unspecified atom stereocenters. The maximum atomic E-state index is 11.3. The van der Waals surface area contributed by atoms with Gasteiger partial charge in [0.15, 0.2) is 0 Å². The van der Waals surface area contributed by atoms with Crippen molar-refractivity contribution in [3.63, 3.8) is 0 Å². The van der Waals surface area contributed by atoms with E-state index in [1.807, 2.05) is 0 Å². The van der Waals surface area contributed by atoms with Crippen LogP contribution in [0.15, 0.2) is 0 Å². The number of nitrogens with zero attached hydrogens (tertiary/aromatic N) is 1. The second kappa shape index (κ2) is 3.69. The Labute approximate surface area is 71.9 Å². The molecular weight excluding hydrogens is 182 g/mol. The van der Waals surface area contributed by atoms with Gasteiger partial charge in [0, 0.05) is 0 Å². The Bertz CT molecular complexity index is 238. The average molecular weight is 195 g/mol. The van der Waals surface area contributed by atoms with Gasteiger partial charge in [0.1, 0.15) is 0 Å². The average Bonchev–Trinajstić information content (AvgIpc) is 2.36. The Morgan fingerprint density at radius 1 is 1.67 bits per heavy atom. The molecule has 72 valence electrons. The molecule has 0 bridgehead atoms. The molecule has 5 nitrogen and oxygen atoms in total. The van der Waals surface area contributed by atoms with Gasteiger partial charge in [0.2, 0.25) is 10.0 Å². The summed E-state index contributed by atoms with van der Waals surface area (Å²) in [6.07, 6.45) is -0.130. The van der Waals surface area contributed by atoms with Crippen LogP contribution in [-0.4, -0.2) is 43.0 Å². The molecule has 1 heterocycles. The Kier molecular flexibility index (Phi) is 3.05. The fourth-order valence-corrected chi connectivity index (χ4v) is 2.34. The van der Waals surface area contributed by atoms with Crippen molar-refractivity contribution in [3.05, 3.63) is 0 Å². The second-order valence-corrected chi connectivity index (χ2v) is 4.73. The quantitative estimate of drug-likeness (QED) is 0.649. The maximum Gasteiger partial charge on any atom is 0.236 e. The van der Waals surface area contributed by atoms with Crippen molar-refractivity contribution in [3.8, 4) is 0 Å². The predicted octanol–water partition coefficient (Wildman–Crippen LogP) is -0.666. The van der Waals surface area contributed by atoms with Crippen molar-refractivity contribution in [2.75, 3.05) is 18.9 Å². The molecule has 0 amide bonds. The monoisotopic (exact) mass is 195 g/mol. The minimum Gasteiger partial charge on any atom is -0.389 e. The zero-order chi connectivity index (χ0) is 9.19. The van der Waals surface area contributed by atoms with E-state index in [4.69, 9.17) is 9.94 Å². The highest BCUT2D eigenvalue weighted by Crippen LogP contribution is 2.12. The van der Waals surface area contributed by atoms with E-state index in [0.29, 0.717) is 6.42 Å². The molecule has 0 aromatic rings. The Hall–Kier alpha value is -0.170. The van der Waals surface area contributed by atoms with Crippen molar-refractivity contribution in [1.82, 2.24) is 4.47 Å². The largest absolute Gasteiger partial charge is 0.389 e. The van der Waals surface area contributed by atoms with Crippen LogP contribution in [0.25, 0.3) is 0 Å². The molecule has 1 aliphatic rings. The zero-order valence-corrected chi connectivity index (χ0v) is 7.75. The Morgan fingerprint density at radius 3 is 2.75 bits per heavy atom. The van der Waals surface area contributed by atoms with Gasteiger partial charge in [-0.2, -0.15) is 0 Å². The summed E-state index contributed by atoms with van der Waals surface area (Å²) in [5.41, 5.74) is 0. The van der Waals surface area contributed by atoms with Gasteiger partial charge in [-0.1, -0.05) is 11.4 Å². The summed E-state index contributed by atoms with van der Waals surface area (Å²) in [5, 5.41) is 9.00. The van der Waals surface area contributed by atoms with Gasteiger partial charge in [0.25, 0.3) is 0 Å². The number of rotatable bonds is 3. The van der Waals surface area contributed by atoms with Crippen LogP contribution in [-0.2, 0) is 14.9 Å². The molecule has 6 heteroatoms. The fourth-order valence-electron chi connectivity index (χ4n) is 1.00.